The van der Waals surface area contributed by atoms with E-state index in [-0.39, 0.29) is 5.54 Å². The predicted octanol–water partition coefficient (Wildman–Crippen LogP) is 3.06. The molecule has 0 aromatic carbocycles. The molecule has 96 valence electrons. The lowest BCUT2D eigenvalue weighted by atomic mass is 10.0. The fourth-order valence-corrected chi connectivity index (χ4v) is 3.34. The molecule has 4 heteroatoms. The van der Waals surface area contributed by atoms with Crippen molar-refractivity contribution >= 4 is 16.5 Å². The van der Waals surface area contributed by atoms with Crippen molar-refractivity contribution in [1.82, 2.24) is 4.98 Å². The van der Waals surface area contributed by atoms with Gasteiger partial charge < -0.3 is 10.6 Å². The first-order valence-electron chi connectivity index (χ1n) is 6.52. The van der Waals surface area contributed by atoms with Crippen molar-refractivity contribution in [3.05, 3.63) is 10.6 Å². The van der Waals surface area contributed by atoms with Crippen molar-refractivity contribution in [2.75, 3.05) is 18.0 Å². The molecule has 0 saturated heterocycles. The van der Waals surface area contributed by atoms with Crippen molar-refractivity contribution in [3.63, 3.8) is 0 Å². The lowest BCUT2D eigenvalue weighted by Crippen LogP contribution is -2.28. The Balaban J connectivity index is 2.37. The van der Waals surface area contributed by atoms with Crippen LogP contribution in [0.25, 0.3) is 0 Å². The number of hydrogen-bond donors (Lipinski definition) is 1. The Morgan fingerprint density at radius 3 is 2.35 bits per heavy atom. The topological polar surface area (TPSA) is 42.2 Å². The maximum Gasteiger partial charge on any atom is 0.185 e. The zero-order chi connectivity index (χ0) is 12.6. The lowest BCUT2D eigenvalue weighted by Gasteiger charge is -2.18. The zero-order valence-corrected chi connectivity index (χ0v) is 12.1. The fourth-order valence-electron chi connectivity index (χ4n) is 2.04. The molecule has 1 aromatic rings. The van der Waals surface area contributed by atoms with Crippen LogP contribution in [0.15, 0.2) is 0 Å². The number of nitrogens with zero attached hydrogens (tertiary/aromatic N) is 2. The third kappa shape index (κ3) is 2.63. The van der Waals surface area contributed by atoms with E-state index in [4.69, 9.17) is 10.7 Å². The Morgan fingerprint density at radius 1 is 1.35 bits per heavy atom. The predicted molar refractivity (Wildman–Crippen MR) is 74.9 cm³/mol. The van der Waals surface area contributed by atoms with Crippen LogP contribution < -0.4 is 10.6 Å². The third-order valence-electron chi connectivity index (χ3n) is 3.23. The van der Waals surface area contributed by atoms with Gasteiger partial charge in [-0.1, -0.05) is 11.3 Å². The van der Waals surface area contributed by atoms with Crippen LogP contribution in [0.2, 0.25) is 0 Å². The van der Waals surface area contributed by atoms with Crippen molar-refractivity contribution in [3.8, 4) is 0 Å². The van der Waals surface area contributed by atoms with Gasteiger partial charge in [0.05, 0.1) is 5.69 Å². The molecular formula is C13H23N3S. The summed E-state index contributed by atoms with van der Waals surface area (Å²) < 4.78 is 0. The molecule has 0 amide bonds. The molecule has 2 rings (SSSR count). The average molecular weight is 253 g/mol. The van der Waals surface area contributed by atoms with Gasteiger partial charge in [-0.25, -0.2) is 4.98 Å². The molecule has 3 nitrogen and oxygen atoms in total. The smallest absolute Gasteiger partial charge is 0.185 e. The highest BCUT2D eigenvalue weighted by atomic mass is 32.1. The summed E-state index contributed by atoms with van der Waals surface area (Å²) in [4.78, 5) is 8.44. The molecule has 17 heavy (non-hydrogen) atoms. The lowest BCUT2D eigenvalue weighted by molar-refractivity contribution is 0.558. The van der Waals surface area contributed by atoms with Crippen LogP contribution in [0.5, 0.6) is 0 Å². The third-order valence-corrected chi connectivity index (χ3v) is 4.70. The molecule has 0 aliphatic heterocycles. The number of thiazole rings is 1. The summed E-state index contributed by atoms with van der Waals surface area (Å²) in [5, 5.41) is 1.14. The molecule has 1 saturated carbocycles. The second-order valence-corrected chi connectivity index (χ2v) is 6.36. The molecule has 1 aliphatic rings. The summed E-state index contributed by atoms with van der Waals surface area (Å²) in [7, 11) is 0. The van der Waals surface area contributed by atoms with Crippen LogP contribution in [0.4, 0.5) is 5.13 Å². The van der Waals surface area contributed by atoms with Crippen LogP contribution in [-0.2, 0) is 5.54 Å². The highest BCUT2D eigenvalue weighted by Gasteiger charge is 2.34. The first kappa shape index (κ1) is 12.8. The quantitative estimate of drug-likeness (QED) is 0.877. The second kappa shape index (κ2) is 4.58. The maximum atomic E-state index is 6.27. The van der Waals surface area contributed by atoms with E-state index in [0.717, 1.165) is 18.2 Å². The summed E-state index contributed by atoms with van der Waals surface area (Å²) in [6, 6.07) is 0. The second-order valence-electron chi connectivity index (χ2n) is 5.38. The van der Waals surface area contributed by atoms with Crippen molar-refractivity contribution in [2.45, 2.75) is 52.0 Å². The molecule has 0 unspecified atom stereocenters. The molecule has 1 fully saturated rings. The van der Waals surface area contributed by atoms with Gasteiger partial charge in [-0.15, -0.1) is 0 Å². The SMILES string of the molecule is CCN(CC)c1nc(C2CC2)c(C(C)(C)N)s1. The number of aromatic nitrogens is 1. The number of nitrogens with two attached hydrogens (primary N) is 1. The van der Waals surface area contributed by atoms with Crippen LogP contribution in [0.1, 0.15) is 57.0 Å². The fraction of sp³-hybridized carbons (Fsp3) is 0.769. The molecular weight excluding hydrogens is 230 g/mol. The molecule has 0 radical (unpaired) electrons. The van der Waals surface area contributed by atoms with Crippen LogP contribution in [0.3, 0.4) is 0 Å². The van der Waals surface area contributed by atoms with E-state index >= 15 is 0 Å². The minimum absolute atomic E-state index is 0.263. The Bertz CT molecular complexity index is 384. The summed E-state index contributed by atoms with van der Waals surface area (Å²) in [6.45, 7) is 10.5. The van der Waals surface area contributed by atoms with E-state index in [0.29, 0.717) is 5.92 Å². The summed E-state index contributed by atoms with van der Waals surface area (Å²) in [5.41, 5.74) is 7.28. The maximum absolute atomic E-state index is 6.27. The molecule has 1 aliphatic carbocycles. The Hall–Kier alpha value is -0.610. The first-order chi connectivity index (χ1) is 7.97. The van der Waals surface area contributed by atoms with Crippen molar-refractivity contribution < 1.29 is 0 Å². The highest BCUT2D eigenvalue weighted by Crippen LogP contribution is 2.46. The molecule has 2 N–H and O–H groups in total. The van der Waals surface area contributed by atoms with Gasteiger partial charge >= 0.3 is 0 Å². The van der Waals surface area contributed by atoms with Gasteiger partial charge in [0.25, 0.3) is 0 Å². The minimum Gasteiger partial charge on any atom is -0.349 e. The van der Waals surface area contributed by atoms with E-state index in [2.05, 4.69) is 32.6 Å². The van der Waals surface area contributed by atoms with Crippen LogP contribution >= 0.6 is 11.3 Å². The summed E-state index contributed by atoms with van der Waals surface area (Å²) >= 11 is 1.78. The standard InChI is InChI=1S/C13H23N3S/c1-5-16(6-2)12-15-10(9-7-8-9)11(17-12)13(3,4)14/h9H,5-8,14H2,1-4H3. The molecule has 1 heterocycles. The largest absolute Gasteiger partial charge is 0.349 e. The summed E-state index contributed by atoms with van der Waals surface area (Å²) in [6.07, 6.45) is 2.56. The molecule has 0 bridgehead atoms. The molecule has 0 atom stereocenters. The van der Waals surface area contributed by atoms with Gasteiger partial charge in [-0.05, 0) is 40.5 Å². The van der Waals surface area contributed by atoms with Crippen LogP contribution in [0, 0.1) is 0 Å². The van der Waals surface area contributed by atoms with Crippen LogP contribution in [-0.4, -0.2) is 18.1 Å². The minimum atomic E-state index is -0.263. The van der Waals surface area contributed by atoms with Gasteiger partial charge in [-0.2, -0.15) is 0 Å². The monoisotopic (exact) mass is 253 g/mol. The van der Waals surface area contributed by atoms with Crippen molar-refractivity contribution in [2.24, 2.45) is 5.73 Å². The zero-order valence-electron chi connectivity index (χ0n) is 11.3. The summed E-state index contributed by atoms with van der Waals surface area (Å²) in [5.74, 6) is 0.674. The van der Waals surface area contributed by atoms with E-state index in [9.17, 15) is 0 Å². The molecule has 0 spiro atoms. The number of anilines is 1. The Labute approximate surface area is 108 Å². The molecule has 1 aromatic heterocycles. The van der Waals surface area contributed by atoms with E-state index in [1.54, 1.807) is 11.3 Å². The van der Waals surface area contributed by atoms with E-state index in [1.165, 1.54) is 23.4 Å². The first-order valence-corrected chi connectivity index (χ1v) is 7.34. The van der Waals surface area contributed by atoms with Gasteiger partial charge in [0.15, 0.2) is 5.13 Å². The van der Waals surface area contributed by atoms with Gasteiger partial charge in [0.1, 0.15) is 0 Å². The van der Waals surface area contributed by atoms with Gasteiger partial charge in [0, 0.05) is 29.4 Å². The average Bonchev–Trinajstić information content (AvgIpc) is 2.99. The van der Waals surface area contributed by atoms with E-state index in [1.807, 2.05) is 0 Å². The normalized spacial score (nSPS) is 16.3. The number of rotatable bonds is 5. The number of hydrogen-bond acceptors (Lipinski definition) is 4. The Kier molecular flexibility index (Phi) is 3.46. The van der Waals surface area contributed by atoms with Gasteiger partial charge in [-0.3, -0.25) is 0 Å². The van der Waals surface area contributed by atoms with E-state index < -0.39 is 0 Å². The van der Waals surface area contributed by atoms with Gasteiger partial charge in [0.2, 0.25) is 0 Å². The van der Waals surface area contributed by atoms with Crippen molar-refractivity contribution in [1.29, 1.82) is 0 Å². The Morgan fingerprint density at radius 2 is 1.94 bits per heavy atom. The highest BCUT2D eigenvalue weighted by molar-refractivity contribution is 7.15.